The standard InChI is InChI=1S/C12H13ClF2N2O/c1-18-8-2-3-9-10(6-8)17(7-11(14)15)12(16-9)4-5-13/h2-3,6,11H,4-5,7H2,1H3. The fourth-order valence-electron chi connectivity index (χ4n) is 1.90. The topological polar surface area (TPSA) is 27.1 Å². The molecule has 0 saturated heterocycles. The minimum absolute atomic E-state index is 0.351. The lowest BCUT2D eigenvalue weighted by atomic mass is 10.3. The maximum absolute atomic E-state index is 12.6. The molecule has 2 rings (SSSR count). The van der Waals surface area contributed by atoms with Gasteiger partial charge in [0, 0.05) is 18.4 Å². The van der Waals surface area contributed by atoms with Crippen LogP contribution in [0.4, 0.5) is 8.78 Å². The number of halogens is 3. The van der Waals surface area contributed by atoms with Crippen LogP contribution in [-0.2, 0) is 13.0 Å². The number of hydrogen-bond acceptors (Lipinski definition) is 2. The van der Waals surface area contributed by atoms with Crippen LogP contribution in [0.2, 0.25) is 0 Å². The second-order valence-electron chi connectivity index (χ2n) is 3.82. The Balaban J connectivity index is 2.54. The van der Waals surface area contributed by atoms with E-state index in [1.54, 1.807) is 18.2 Å². The molecule has 0 aliphatic heterocycles. The van der Waals surface area contributed by atoms with Gasteiger partial charge in [0.15, 0.2) is 0 Å². The Morgan fingerprint density at radius 1 is 1.44 bits per heavy atom. The predicted molar refractivity (Wildman–Crippen MR) is 66.7 cm³/mol. The van der Waals surface area contributed by atoms with E-state index in [-0.39, 0.29) is 6.54 Å². The summed E-state index contributed by atoms with van der Waals surface area (Å²) in [7, 11) is 1.54. The Morgan fingerprint density at radius 2 is 2.22 bits per heavy atom. The number of alkyl halides is 3. The molecule has 1 aromatic heterocycles. The number of rotatable bonds is 5. The molecular formula is C12H13ClF2N2O. The van der Waals surface area contributed by atoms with Crippen LogP contribution in [0.15, 0.2) is 18.2 Å². The van der Waals surface area contributed by atoms with E-state index in [9.17, 15) is 8.78 Å². The number of methoxy groups -OCH3 is 1. The molecule has 1 heterocycles. The van der Waals surface area contributed by atoms with Crippen molar-refractivity contribution >= 4 is 22.6 Å². The summed E-state index contributed by atoms with van der Waals surface area (Å²) in [6, 6.07) is 5.23. The fraction of sp³-hybridized carbons (Fsp3) is 0.417. The second kappa shape index (κ2) is 5.52. The highest BCUT2D eigenvalue weighted by atomic mass is 35.5. The number of hydrogen-bond donors (Lipinski definition) is 0. The third-order valence-electron chi connectivity index (χ3n) is 2.67. The average molecular weight is 275 g/mol. The van der Waals surface area contributed by atoms with Crippen molar-refractivity contribution in [1.82, 2.24) is 9.55 Å². The first kappa shape index (κ1) is 13.1. The highest BCUT2D eigenvalue weighted by Gasteiger charge is 2.14. The molecule has 0 spiro atoms. The molecule has 0 saturated carbocycles. The van der Waals surface area contributed by atoms with Gasteiger partial charge in [-0.2, -0.15) is 0 Å². The number of benzene rings is 1. The SMILES string of the molecule is COc1ccc2nc(CCCl)n(CC(F)F)c2c1. The van der Waals surface area contributed by atoms with Crippen LogP contribution in [-0.4, -0.2) is 29.0 Å². The number of ether oxygens (including phenoxy) is 1. The molecule has 3 nitrogen and oxygen atoms in total. The number of aromatic nitrogens is 2. The van der Waals surface area contributed by atoms with Crippen LogP contribution in [0.25, 0.3) is 11.0 Å². The maximum Gasteiger partial charge on any atom is 0.256 e. The Kier molecular flexibility index (Phi) is 4.01. The Hall–Kier alpha value is -1.36. The van der Waals surface area contributed by atoms with Gasteiger partial charge in [0.05, 0.1) is 24.7 Å². The summed E-state index contributed by atoms with van der Waals surface area (Å²) in [6.07, 6.45) is -1.96. The molecule has 0 aliphatic rings. The van der Waals surface area contributed by atoms with Crippen molar-refractivity contribution in [1.29, 1.82) is 0 Å². The summed E-state index contributed by atoms with van der Waals surface area (Å²) in [6.45, 7) is -0.379. The molecule has 6 heteroatoms. The highest BCUT2D eigenvalue weighted by Crippen LogP contribution is 2.23. The third-order valence-corrected chi connectivity index (χ3v) is 2.86. The van der Waals surface area contributed by atoms with Crippen molar-refractivity contribution in [2.75, 3.05) is 13.0 Å². The van der Waals surface area contributed by atoms with Crippen LogP contribution in [0, 0.1) is 0 Å². The van der Waals surface area contributed by atoms with Gasteiger partial charge in [-0.1, -0.05) is 0 Å². The van der Waals surface area contributed by atoms with E-state index >= 15 is 0 Å². The molecule has 18 heavy (non-hydrogen) atoms. The van der Waals surface area contributed by atoms with Gasteiger partial charge >= 0.3 is 0 Å². The first-order chi connectivity index (χ1) is 8.65. The van der Waals surface area contributed by atoms with Crippen molar-refractivity contribution in [3.8, 4) is 5.75 Å². The maximum atomic E-state index is 12.6. The lowest BCUT2D eigenvalue weighted by Gasteiger charge is -2.08. The summed E-state index contributed by atoms with van der Waals surface area (Å²) < 4.78 is 31.8. The molecule has 0 radical (unpaired) electrons. The van der Waals surface area contributed by atoms with Gasteiger partial charge in [-0.05, 0) is 12.1 Å². The molecule has 0 atom stereocenters. The molecule has 1 aromatic carbocycles. The van der Waals surface area contributed by atoms with Gasteiger partial charge in [-0.25, -0.2) is 13.8 Å². The lowest BCUT2D eigenvalue weighted by molar-refractivity contribution is 0.127. The Labute approximate surface area is 108 Å². The van der Waals surface area contributed by atoms with E-state index in [1.807, 2.05) is 0 Å². The highest BCUT2D eigenvalue weighted by molar-refractivity contribution is 6.17. The number of imidazole rings is 1. The lowest BCUT2D eigenvalue weighted by Crippen LogP contribution is -2.10. The minimum Gasteiger partial charge on any atom is -0.497 e. The van der Waals surface area contributed by atoms with Gasteiger partial charge in [0.2, 0.25) is 0 Å². The van der Waals surface area contributed by atoms with Crippen molar-refractivity contribution in [2.24, 2.45) is 0 Å². The average Bonchev–Trinajstić information content (AvgIpc) is 2.67. The van der Waals surface area contributed by atoms with E-state index in [0.29, 0.717) is 34.9 Å². The first-order valence-electron chi connectivity index (χ1n) is 5.53. The van der Waals surface area contributed by atoms with E-state index < -0.39 is 6.43 Å². The molecule has 0 bridgehead atoms. The molecule has 2 aromatic rings. The zero-order chi connectivity index (χ0) is 13.1. The monoisotopic (exact) mass is 274 g/mol. The summed E-state index contributed by atoms with van der Waals surface area (Å²) in [5.41, 5.74) is 1.33. The number of fused-ring (bicyclic) bond motifs is 1. The van der Waals surface area contributed by atoms with Crippen LogP contribution >= 0.6 is 11.6 Å². The van der Waals surface area contributed by atoms with E-state index in [4.69, 9.17) is 16.3 Å². The molecule has 0 unspecified atom stereocenters. The number of nitrogens with zero attached hydrogens (tertiary/aromatic N) is 2. The smallest absolute Gasteiger partial charge is 0.256 e. The summed E-state index contributed by atoms with van der Waals surface area (Å²) in [5.74, 6) is 1.55. The van der Waals surface area contributed by atoms with Crippen LogP contribution in [0.5, 0.6) is 5.75 Å². The summed E-state index contributed by atoms with van der Waals surface area (Å²) >= 11 is 5.67. The minimum atomic E-state index is -2.43. The summed E-state index contributed by atoms with van der Waals surface area (Å²) in [5, 5.41) is 0. The normalized spacial score (nSPS) is 11.4. The van der Waals surface area contributed by atoms with Crippen molar-refractivity contribution in [3.05, 3.63) is 24.0 Å². The van der Waals surface area contributed by atoms with E-state index in [1.165, 1.54) is 11.7 Å². The van der Waals surface area contributed by atoms with E-state index in [2.05, 4.69) is 4.98 Å². The number of aryl methyl sites for hydroxylation is 1. The molecular weight excluding hydrogens is 262 g/mol. The van der Waals surface area contributed by atoms with E-state index in [0.717, 1.165) is 0 Å². The predicted octanol–water partition coefficient (Wildman–Crippen LogP) is 3.09. The van der Waals surface area contributed by atoms with Gasteiger partial charge in [0.25, 0.3) is 6.43 Å². The van der Waals surface area contributed by atoms with Crippen molar-refractivity contribution in [2.45, 2.75) is 19.4 Å². The zero-order valence-electron chi connectivity index (χ0n) is 9.87. The molecule has 0 N–H and O–H groups in total. The Morgan fingerprint density at radius 3 is 2.83 bits per heavy atom. The third kappa shape index (κ3) is 2.56. The Bertz CT molecular complexity index is 542. The van der Waals surface area contributed by atoms with Crippen LogP contribution < -0.4 is 4.74 Å². The molecule has 0 amide bonds. The first-order valence-corrected chi connectivity index (χ1v) is 6.06. The van der Waals surface area contributed by atoms with Crippen LogP contribution in [0.1, 0.15) is 5.82 Å². The van der Waals surface area contributed by atoms with Crippen LogP contribution in [0.3, 0.4) is 0 Å². The zero-order valence-corrected chi connectivity index (χ0v) is 10.6. The van der Waals surface area contributed by atoms with Gasteiger partial charge in [0.1, 0.15) is 11.6 Å². The van der Waals surface area contributed by atoms with Crippen molar-refractivity contribution < 1.29 is 13.5 Å². The van der Waals surface area contributed by atoms with Gasteiger partial charge in [-0.3, -0.25) is 0 Å². The second-order valence-corrected chi connectivity index (χ2v) is 4.20. The molecule has 0 fully saturated rings. The quantitative estimate of drug-likeness (QED) is 0.784. The van der Waals surface area contributed by atoms with Gasteiger partial charge in [-0.15, -0.1) is 11.6 Å². The largest absolute Gasteiger partial charge is 0.497 e. The fourth-order valence-corrected chi connectivity index (χ4v) is 2.07. The summed E-state index contributed by atoms with van der Waals surface area (Å²) in [4.78, 5) is 4.32. The van der Waals surface area contributed by atoms with Gasteiger partial charge < -0.3 is 9.30 Å². The molecule has 98 valence electrons. The van der Waals surface area contributed by atoms with Crippen molar-refractivity contribution in [3.63, 3.8) is 0 Å². The molecule has 0 aliphatic carbocycles.